The molecule has 1 unspecified atom stereocenters. The summed E-state index contributed by atoms with van der Waals surface area (Å²) in [5, 5.41) is 3.44. The summed E-state index contributed by atoms with van der Waals surface area (Å²) in [6.07, 6.45) is 3.78. The van der Waals surface area contributed by atoms with Gasteiger partial charge in [-0.1, -0.05) is 18.2 Å². The summed E-state index contributed by atoms with van der Waals surface area (Å²) in [6.45, 7) is 4.37. The minimum atomic E-state index is 0.0276. The van der Waals surface area contributed by atoms with E-state index in [1.807, 2.05) is 12.1 Å². The number of nitrogens with zero attached hydrogens (tertiary/aromatic N) is 2. The molecule has 1 fully saturated rings. The molecular formula is C19H23N4O+. The van der Waals surface area contributed by atoms with Crippen LogP contribution in [0.15, 0.2) is 42.6 Å². The van der Waals surface area contributed by atoms with Crippen molar-refractivity contribution in [3.63, 3.8) is 0 Å². The summed E-state index contributed by atoms with van der Waals surface area (Å²) < 4.78 is 0.168. The van der Waals surface area contributed by atoms with Crippen LogP contribution in [0.3, 0.4) is 0 Å². The Bertz CT molecular complexity index is 797. The summed E-state index contributed by atoms with van der Waals surface area (Å²) in [5.74, 6) is 0.821. The highest BCUT2D eigenvalue weighted by molar-refractivity contribution is 5.95. The number of amides is 1. The Balaban J connectivity index is 1.97. The first-order chi connectivity index (χ1) is 11.6. The molecule has 2 aromatic rings. The van der Waals surface area contributed by atoms with E-state index in [1.165, 1.54) is 5.56 Å². The number of hydrogen-bond acceptors (Lipinski definition) is 4. The number of carbonyl (C=O) groups is 1. The first-order valence-electron chi connectivity index (χ1n) is 8.51. The molecule has 1 spiro atoms. The van der Waals surface area contributed by atoms with Crippen molar-refractivity contribution >= 4 is 23.1 Å². The average molecular weight is 323 g/mol. The monoisotopic (exact) mass is 323 g/mol. The summed E-state index contributed by atoms with van der Waals surface area (Å²) in [4.78, 5) is 17.5. The SMILES string of the molecule is CC(=O)[N+]1(c2cc(N)ccn2)CC2(CCNCC2)c2ccccc21. The fourth-order valence-corrected chi connectivity index (χ4v) is 4.50. The van der Waals surface area contributed by atoms with E-state index in [0.29, 0.717) is 5.69 Å². The lowest BCUT2D eigenvalue weighted by molar-refractivity contribution is -0.125. The number of para-hydroxylation sites is 1. The summed E-state index contributed by atoms with van der Waals surface area (Å²) in [7, 11) is 0. The summed E-state index contributed by atoms with van der Waals surface area (Å²) >= 11 is 0. The van der Waals surface area contributed by atoms with Crippen LogP contribution in [0, 0.1) is 0 Å². The lowest BCUT2D eigenvalue weighted by atomic mass is 9.75. The zero-order valence-electron chi connectivity index (χ0n) is 14.0. The van der Waals surface area contributed by atoms with Crippen LogP contribution < -0.4 is 15.5 Å². The first-order valence-corrected chi connectivity index (χ1v) is 8.51. The van der Waals surface area contributed by atoms with Gasteiger partial charge in [-0.15, -0.1) is 0 Å². The molecule has 24 heavy (non-hydrogen) atoms. The van der Waals surface area contributed by atoms with Gasteiger partial charge in [0, 0.05) is 29.6 Å². The van der Waals surface area contributed by atoms with Gasteiger partial charge in [0.1, 0.15) is 6.54 Å². The van der Waals surface area contributed by atoms with E-state index < -0.39 is 0 Å². The van der Waals surface area contributed by atoms with E-state index >= 15 is 0 Å². The van der Waals surface area contributed by atoms with Crippen molar-refractivity contribution in [1.29, 1.82) is 0 Å². The maximum atomic E-state index is 12.9. The molecule has 0 aliphatic carbocycles. The number of benzene rings is 1. The molecule has 1 aromatic carbocycles. The van der Waals surface area contributed by atoms with E-state index in [1.54, 1.807) is 19.2 Å². The van der Waals surface area contributed by atoms with Gasteiger partial charge in [-0.3, -0.25) is 0 Å². The van der Waals surface area contributed by atoms with Crippen molar-refractivity contribution in [2.75, 3.05) is 25.4 Å². The summed E-state index contributed by atoms with van der Waals surface area (Å²) in [6, 6.07) is 12.0. The molecule has 2 aliphatic heterocycles. The van der Waals surface area contributed by atoms with Crippen LogP contribution in [-0.4, -0.2) is 30.5 Å². The number of carbonyl (C=O) groups excluding carboxylic acids is 1. The quantitative estimate of drug-likeness (QED) is 0.791. The number of aromatic nitrogens is 1. The largest absolute Gasteiger partial charge is 0.398 e. The van der Waals surface area contributed by atoms with Crippen molar-refractivity contribution < 1.29 is 4.79 Å². The lowest BCUT2D eigenvalue weighted by Gasteiger charge is -2.35. The smallest absolute Gasteiger partial charge is 0.322 e. The van der Waals surface area contributed by atoms with Crippen molar-refractivity contribution in [3.8, 4) is 0 Å². The Morgan fingerprint density at radius 3 is 2.71 bits per heavy atom. The van der Waals surface area contributed by atoms with Gasteiger partial charge in [-0.2, -0.15) is 4.48 Å². The topological polar surface area (TPSA) is 68.0 Å². The van der Waals surface area contributed by atoms with Crippen molar-refractivity contribution in [2.45, 2.75) is 25.2 Å². The summed E-state index contributed by atoms with van der Waals surface area (Å²) in [5.41, 5.74) is 9.03. The second-order valence-electron chi connectivity index (χ2n) is 6.98. The van der Waals surface area contributed by atoms with Crippen LogP contribution in [0.4, 0.5) is 17.2 Å². The molecule has 0 bridgehead atoms. The second-order valence-corrected chi connectivity index (χ2v) is 6.98. The third-order valence-electron chi connectivity index (χ3n) is 5.69. The minimum absolute atomic E-state index is 0.0276. The van der Waals surface area contributed by atoms with Gasteiger partial charge in [0.05, 0.1) is 12.3 Å². The molecule has 124 valence electrons. The van der Waals surface area contributed by atoms with Crippen molar-refractivity contribution in [3.05, 3.63) is 48.2 Å². The van der Waals surface area contributed by atoms with Gasteiger partial charge >= 0.3 is 5.91 Å². The van der Waals surface area contributed by atoms with Crippen molar-refractivity contribution in [1.82, 2.24) is 14.8 Å². The maximum Gasteiger partial charge on any atom is 0.322 e. The minimum Gasteiger partial charge on any atom is -0.398 e. The van der Waals surface area contributed by atoms with Crippen LogP contribution in [0.25, 0.3) is 0 Å². The predicted molar refractivity (Wildman–Crippen MR) is 95.9 cm³/mol. The molecule has 2 aliphatic rings. The second kappa shape index (κ2) is 5.40. The van der Waals surface area contributed by atoms with Gasteiger partial charge in [0.15, 0.2) is 5.69 Å². The average Bonchev–Trinajstić information content (AvgIpc) is 2.88. The third kappa shape index (κ3) is 2.01. The maximum absolute atomic E-state index is 12.9. The molecule has 1 saturated heterocycles. The number of fused-ring (bicyclic) bond motifs is 2. The van der Waals surface area contributed by atoms with E-state index in [-0.39, 0.29) is 15.8 Å². The molecule has 0 saturated carbocycles. The number of nitrogens with two attached hydrogens (primary N) is 1. The van der Waals surface area contributed by atoms with E-state index in [2.05, 4.69) is 28.5 Å². The van der Waals surface area contributed by atoms with Gasteiger partial charge in [0.2, 0.25) is 5.82 Å². The highest BCUT2D eigenvalue weighted by Crippen LogP contribution is 2.53. The predicted octanol–water partition coefficient (Wildman–Crippen LogP) is 2.48. The number of pyridine rings is 1. The molecule has 1 amide bonds. The van der Waals surface area contributed by atoms with Crippen LogP contribution in [0.1, 0.15) is 25.3 Å². The third-order valence-corrected chi connectivity index (χ3v) is 5.69. The molecule has 5 nitrogen and oxygen atoms in total. The lowest BCUT2D eigenvalue weighted by Crippen LogP contribution is -2.53. The van der Waals surface area contributed by atoms with E-state index in [0.717, 1.165) is 44.0 Å². The number of piperidine rings is 1. The molecule has 4 rings (SSSR count). The molecule has 1 atom stereocenters. The Kier molecular flexibility index (Phi) is 3.44. The van der Waals surface area contributed by atoms with Gasteiger partial charge in [0.25, 0.3) is 0 Å². The van der Waals surface area contributed by atoms with E-state index in [9.17, 15) is 4.79 Å². The highest BCUT2D eigenvalue weighted by atomic mass is 16.2. The number of nitrogen functional groups attached to an aromatic ring is 1. The van der Waals surface area contributed by atoms with Crippen LogP contribution in [0.5, 0.6) is 0 Å². The molecule has 5 heteroatoms. The fraction of sp³-hybridized carbons (Fsp3) is 0.368. The van der Waals surface area contributed by atoms with Crippen LogP contribution >= 0.6 is 0 Å². The van der Waals surface area contributed by atoms with Gasteiger partial charge in [-0.05, 0) is 32.0 Å². The number of quaternary nitrogens is 1. The van der Waals surface area contributed by atoms with Gasteiger partial charge in [-0.25, -0.2) is 9.78 Å². The molecular weight excluding hydrogens is 300 g/mol. The number of nitrogens with one attached hydrogen (secondary N) is 1. The zero-order valence-corrected chi connectivity index (χ0v) is 14.0. The number of hydrogen-bond donors (Lipinski definition) is 2. The highest BCUT2D eigenvalue weighted by Gasteiger charge is 2.57. The number of anilines is 1. The van der Waals surface area contributed by atoms with Crippen molar-refractivity contribution in [2.24, 2.45) is 0 Å². The van der Waals surface area contributed by atoms with E-state index in [4.69, 9.17) is 5.73 Å². The standard InChI is InChI=1S/C19H23N4O/c1-14(24)23(18-12-15(20)6-9-22-18)13-19(7-10-21-11-8-19)16-4-2-3-5-17(16)23/h2-6,9,12,21H,7-8,10-11,13H2,1H3,(H2,20,22)/q+1. The van der Waals surface area contributed by atoms with Gasteiger partial charge < -0.3 is 11.1 Å². The Hall–Kier alpha value is -2.24. The first kappa shape index (κ1) is 15.3. The Morgan fingerprint density at radius 1 is 1.25 bits per heavy atom. The molecule has 0 radical (unpaired) electrons. The molecule has 3 heterocycles. The van der Waals surface area contributed by atoms with Crippen LogP contribution in [-0.2, 0) is 10.2 Å². The fourth-order valence-electron chi connectivity index (χ4n) is 4.50. The Labute approximate surface area is 142 Å². The molecule has 3 N–H and O–H groups in total. The number of rotatable bonds is 1. The molecule has 1 aromatic heterocycles. The zero-order chi connectivity index (χ0) is 16.8. The Morgan fingerprint density at radius 2 is 2.00 bits per heavy atom. The normalized spacial score (nSPS) is 24.7. The van der Waals surface area contributed by atoms with Crippen LogP contribution in [0.2, 0.25) is 0 Å².